The number of amides is 1. The molecule has 0 radical (unpaired) electrons. The van der Waals surface area contributed by atoms with Gasteiger partial charge in [-0.15, -0.1) is 11.3 Å². The third kappa shape index (κ3) is 3.55. The summed E-state index contributed by atoms with van der Waals surface area (Å²) in [5, 5.41) is 13.2. The molecule has 1 heterocycles. The summed E-state index contributed by atoms with van der Waals surface area (Å²) in [5.41, 5.74) is 0.679. The molecule has 2 aromatic rings. The van der Waals surface area contributed by atoms with E-state index in [0.29, 0.717) is 18.0 Å². The number of benzene rings is 1. The maximum absolute atomic E-state index is 12.0. The van der Waals surface area contributed by atoms with Crippen LogP contribution in [0.15, 0.2) is 24.3 Å². The van der Waals surface area contributed by atoms with Crippen LogP contribution in [0.1, 0.15) is 37.0 Å². The maximum Gasteiger partial charge on any atom is 0.280 e. The standard InChI is InChI=1S/C15H20N2O2S/c1-15(2,3)12(18)8-9-16-13(19)14-17-10-6-4-5-7-11(10)20-14/h4-7,12,18H,8-9H2,1-3H3,(H,16,19). The number of carbonyl (C=O) groups is 1. The molecule has 0 bridgehead atoms. The van der Waals surface area contributed by atoms with Gasteiger partial charge in [0.2, 0.25) is 0 Å². The van der Waals surface area contributed by atoms with Crippen LogP contribution < -0.4 is 5.32 Å². The van der Waals surface area contributed by atoms with E-state index in [0.717, 1.165) is 10.2 Å². The second-order valence-corrected chi connectivity index (χ2v) is 6.94. The summed E-state index contributed by atoms with van der Waals surface area (Å²) in [6.45, 7) is 6.39. The van der Waals surface area contributed by atoms with Crippen molar-refractivity contribution < 1.29 is 9.90 Å². The quantitative estimate of drug-likeness (QED) is 0.911. The second-order valence-electron chi connectivity index (χ2n) is 5.91. The SMILES string of the molecule is CC(C)(C)C(O)CCNC(=O)c1nc2ccccc2s1. The number of nitrogens with zero attached hydrogens (tertiary/aromatic N) is 1. The minimum atomic E-state index is -0.432. The van der Waals surface area contributed by atoms with Crippen molar-refractivity contribution in [1.82, 2.24) is 10.3 Å². The van der Waals surface area contributed by atoms with Gasteiger partial charge in [0, 0.05) is 6.54 Å². The van der Waals surface area contributed by atoms with Gasteiger partial charge in [0.05, 0.1) is 16.3 Å². The number of aliphatic hydroxyl groups is 1. The molecular formula is C15H20N2O2S. The molecule has 0 saturated heterocycles. The van der Waals surface area contributed by atoms with E-state index in [4.69, 9.17) is 0 Å². The Morgan fingerprint density at radius 1 is 1.40 bits per heavy atom. The average Bonchev–Trinajstić information content (AvgIpc) is 2.81. The predicted molar refractivity (Wildman–Crippen MR) is 82.0 cm³/mol. The number of hydrogen-bond donors (Lipinski definition) is 2. The van der Waals surface area contributed by atoms with Crippen molar-refractivity contribution in [3.05, 3.63) is 29.3 Å². The lowest BCUT2D eigenvalue weighted by molar-refractivity contribution is 0.0551. The second kappa shape index (κ2) is 5.89. The maximum atomic E-state index is 12.0. The van der Waals surface area contributed by atoms with Gasteiger partial charge in [-0.1, -0.05) is 32.9 Å². The minimum Gasteiger partial charge on any atom is -0.393 e. The summed E-state index contributed by atoms with van der Waals surface area (Å²) in [6, 6.07) is 7.68. The average molecular weight is 292 g/mol. The number of thiazole rings is 1. The van der Waals surface area contributed by atoms with Gasteiger partial charge in [0.1, 0.15) is 0 Å². The van der Waals surface area contributed by atoms with Gasteiger partial charge in [-0.05, 0) is 24.0 Å². The largest absolute Gasteiger partial charge is 0.393 e. The summed E-state index contributed by atoms with van der Waals surface area (Å²) < 4.78 is 1.01. The third-order valence-electron chi connectivity index (χ3n) is 3.19. The zero-order valence-electron chi connectivity index (χ0n) is 12.0. The van der Waals surface area contributed by atoms with Gasteiger partial charge in [-0.3, -0.25) is 4.79 Å². The molecule has 1 aromatic carbocycles. The molecule has 1 unspecified atom stereocenters. The Balaban J connectivity index is 1.92. The number of carbonyl (C=O) groups excluding carboxylic acids is 1. The number of aromatic nitrogens is 1. The van der Waals surface area contributed by atoms with Crippen molar-refractivity contribution in [2.45, 2.75) is 33.3 Å². The van der Waals surface area contributed by atoms with Gasteiger partial charge in [-0.2, -0.15) is 0 Å². The molecule has 20 heavy (non-hydrogen) atoms. The minimum absolute atomic E-state index is 0.166. The van der Waals surface area contributed by atoms with E-state index < -0.39 is 6.10 Å². The fourth-order valence-corrected chi connectivity index (χ4v) is 2.68. The molecule has 0 aliphatic carbocycles. The van der Waals surface area contributed by atoms with Crippen molar-refractivity contribution in [3.63, 3.8) is 0 Å². The topological polar surface area (TPSA) is 62.2 Å². The first-order valence-corrected chi connectivity index (χ1v) is 7.51. The molecule has 0 aliphatic rings. The first kappa shape index (κ1) is 14.9. The van der Waals surface area contributed by atoms with Gasteiger partial charge >= 0.3 is 0 Å². The lowest BCUT2D eigenvalue weighted by Gasteiger charge is -2.25. The van der Waals surface area contributed by atoms with Crippen LogP contribution in [0.25, 0.3) is 10.2 Å². The van der Waals surface area contributed by atoms with E-state index in [2.05, 4.69) is 10.3 Å². The van der Waals surface area contributed by atoms with Crippen LogP contribution in [0.4, 0.5) is 0 Å². The molecule has 0 saturated carbocycles. The van der Waals surface area contributed by atoms with Gasteiger partial charge < -0.3 is 10.4 Å². The molecule has 108 valence electrons. The Morgan fingerprint density at radius 3 is 2.75 bits per heavy atom. The van der Waals surface area contributed by atoms with Crippen LogP contribution >= 0.6 is 11.3 Å². The highest BCUT2D eigenvalue weighted by Gasteiger charge is 2.22. The molecule has 2 rings (SSSR count). The van der Waals surface area contributed by atoms with E-state index in [1.807, 2.05) is 45.0 Å². The van der Waals surface area contributed by atoms with E-state index >= 15 is 0 Å². The van der Waals surface area contributed by atoms with Gasteiger partial charge in [0.15, 0.2) is 5.01 Å². The Labute approximate surface area is 122 Å². The van der Waals surface area contributed by atoms with Crippen LogP contribution in [-0.2, 0) is 0 Å². The highest BCUT2D eigenvalue weighted by Crippen LogP contribution is 2.22. The van der Waals surface area contributed by atoms with Gasteiger partial charge in [0.25, 0.3) is 5.91 Å². The number of fused-ring (bicyclic) bond motifs is 1. The molecule has 0 fully saturated rings. The Hall–Kier alpha value is -1.46. The zero-order chi connectivity index (χ0) is 14.8. The zero-order valence-corrected chi connectivity index (χ0v) is 12.8. The van der Waals surface area contributed by atoms with E-state index in [1.54, 1.807) is 0 Å². The van der Waals surface area contributed by atoms with Crippen LogP contribution in [-0.4, -0.2) is 28.6 Å². The number of hydrogen-bond acceptors (Lipinski definition) is 4. The van der Waals surface area contributed by atoms with Crippen molar-refractivity contribution in [1.29, 1.82) is 0 Å². The summed E-state index contributed by atoms with van der Waals surface area (Å²) >= 11 is 1.38. The smallest absolute Gasteiger partial charge is 0.280 e. The molecule has 2 N–H and O–H groups in total. The first-order valence-electron chi connectivity index (χ1n) is 6.70. The predicted octanol–water partition coefficient (Wildman–Crippen LogP) is 2.82. The third-order valence-corrected chi connectivity index (χ3v) is 4.23. The van der Waals surface area contributed by atoms with Gasteiger partial charge in [-0.25, -0.2) is 4.98 Å². The molecule has 0 spiro atoms. The van der Waals surface area contributed by atoms with Crippen LogP contribution in [0.5, 0.6) is 0 Å². The summed E-state index contributed by atoms with van der Waals surface area (Å²) in [6.07, 6.45) is 0.110. The highest BCUT2D eigenvalue weighted by molar-refractivity contribution is 7.20. The molecular weight excluding hydrogens is 272 g/mol. The normalized spacial score (nSPS) is 13.4. The number of para-hydroxylation sites is 1. The molecule has 4 nitrogen and oxygen atoms in total. The highest BCUT2D eigenvalue weighted by atomic mass is 32.1. The Bertz CT molecular complexity index is 568. The Kier molecular flexibility index (Phi) is 4.40. The first-order chi connectivity index (χ1) is 9.38. The van der Waals surface area contributed by atoms with Crippen molar-refractivity contribution in [3.8, 4) is 0 Å². The molecule has 1 atom stereocenters. The fourth-order valence-electron chi connectivity index (χ4n) is 1.80. The molecule has 1 aromatic heterocycles. The Morgan fingerprint density at radius 2 is 2.10 bits per heavy atom. The van der Waals surface area contributed by atoms with Crippen molar-refractivity contribution in [2.75, 3.05) is 6.54 Å². The molecule has 0 aliphatic heterocycles. The summed E-state index contributed by atoms with van der Waals surface area (Å²) in [7, 11) is 0. The van der Waals surface area contributed by atoms with Crippen molar-refractivity contribution in [2.24, 2.45) is 5.41 Å². The summed E-state index contributed by atoms with van der Waals surface area (Å²) in [4.78, 5) is 16.3. The molecule has 1 amide bonds. The number of aliphatic hydroxyl groups excluding tert-OH is 1. The summed E-state index contributed by atoms with van der Waals surface area (Å²) in [5.74, 6) is -0.174. The van der Waals surface area contributed by atoms with Crippen LogP contribution in [0.2, 0.25) is 0 Å². The number of nitrogens with one attached hydrogen (secondary N) is 1. The lowest BCUT2D eigenvalue weighted by Crippen LogP contribution is -2.32. The lowest BCUT2D eigenvalue weighted by atomic mass is 9.87. The van der Waals surface area contributed by atoms with E-state index in [1.165, 1.54) is 11.3 Å². The van der Waals surface area contributed by atoms with Crippen LogP contribution in [0, 0.1) is 5.41 Å². The van der Waals surface area contributed by atoms with E-state index in [-0.39, 0.29) is 11.3 Å². The number of rotatable bonds is 4. The van der Waals surface area contributed by atoms with Crippen molar-refractivity contribution >= 4 is 27.5 Å². The fraction of sp³-hybridized carbons (Fsp3) is 0.467. The monoisotopic (exact) mass is 292 g/mol. The van der Waals surface area contributed by atoms with Crippen LogP contribution in [0.3, 0.4) is 0 Å². The van der Waals surface area contributed by atoms with E-state index in [9.17, 15) is 9.90 Å². The molecule has 5 heteroatoms.